The van der Waals surface area contributed by atoms with E-state index in [0.29, 0.717) is 22.4 Å². The van der Waals surface area contributed by atoms with E-state index in [1.54, 1.807) is 15.9 Å². The van der Waals surface area contributed by atoms with Crippen LogP contribution in [0.3, 0.4) is 0 Å². The summed E-state index contributed by atoms with van der Waals surface area (Å²) in [5, 5.41) is 12.9. The summed E-state index contributed by atoms with van der Waals surface area (Å²) in [5.41, 5.74) is 3.57. The number of fused-ring (bicyclic) bond motifs is 1. The van der Waals surface area contributed by atoms with E-state index in [-0.39, 0.29) is 5.56 Å². The second-order valence-corrected chi connectivity index (χ2v) is 8.87. The minimum Gasteiger partial charge on any atom is -0.268 e. The Labute approximate surface area is 176 Å². The number of thioether (sulfide) groups is 1. The molecular weight excluding hydrogens is 398 g/mol. The first kappa shape index (κ1) is 18.2. The summed E-state index contributed by atoms with van der Waals surface area (Å²) in [6.07, 6.45) is 2.30. The van der Waals surface area contributed by atoms with Gasteiger partial charge in [-0.15, -0.1) is 11.3 Å². The summed E-state index contributed by atoms with van der Waals surface area (Å²) >= 11 is 3.05. The number of nitriles is 1. The van der Waals surface area contributed by atoms with Crippen LogP contribution in [0.1, 0.15) is 35.4 Å². The van der Waals surface area contributed by atoms with Gasteiger partial charge in [0, 0.05) is 5.75 Å². The molecule has 5 rings (SSSR count). The lowest BCUT2D eigenvalue weighted by Gasteiger charge is -2.13. The number of hydrogen-bond acceptors (Lipinski definition) is 5. The Hall–Kier alpha value is -2.88. The van der Waals surface area contributed by atoms with Gasteiger partial charge in [-0.2, -0.15) is 5.26 Å². The molecule has 1 saturated carbocycles. The molecular formula is C23H17N3OS2. The van der Waals surface area contributed by atoms with E-state index in [4.69, 9.17) is 4.98 Å². The third kappa shape index (κ3) is 3.37. The first-order valence-electron chi connectivity index (χ1n) is 9.46. The standard InChI is InChI=1S/C23H17N3OS2/c24-12-16-6-4-5-7-17(16)13-29-23-25-21-20(19(14-28-21)15-10-11-15)22(27)26(23)18-8-2-1-3-9-18/h1-9,14-15H,10-11,13H2. The van der Waals surface area contributed by atoms with Gasteiger partial charge in [0.1, 0.15) is 4.83 Å². The molecule has 1 fully saturated rings. The van der Waals surface area contributed by atoms with E-state index in [1.807, 2.05) is 54.6 Å². The average Bonchev–Trinajstić information content (AvgIpc) is 3.52. The average molecular weight is 416 g/mol. The van der Waals surface area contributed by atoms with Crippen molar-refractivity contribution in [3.05, 3.63) is 87.0 Å². The number of aromatic nitrogens is 2. The van der Waals surface area contributed by atoms with E-state index in [0.717, 1.165) is 39.9 Å². The highest BCUT2D eigenvalue weighted by Crippen LogP contribution is 2.44. The van der Waals surface area contributed by atoms with Crippen LogP contribution in [0.15, 0.2) is 69.9 Å². The van der Waals surface area contributed by atoms with E-state index in [2.05, 4.69) is 11.4 Å². The predicted molar refractivity (Wildman–Crippen MR) is 118 cm³/mol. The maximum absolute atomic E-state index is 13.6. The molecule has 0 saturated heterocycles. The van der Waals surface area contributed by atoms with Gasteiger partial charge in [0.25, 0.3) is 5.56 Å². The SMILES string of the molecule is N#Cc1ccccc1CSc1nc2scc(C3CC3)c2c(=O)n1-c1ccccc1. The van der Waals surface area contributed by atoms with Crippen molar-refractivity contribution in [1.82, 2.24) is 9.55 Å². The quantitative estimate of drug-likeness (QED) is 0.319. The molecule has 0 unspecified atom stereocenters. The zero-order chi connectivity index (χ0) is 19.8. The molecule has 1 aliphatic rings. The fraction of sp³-hybridized carbons (Fsp3) is 0.174. The van der Waals surface area contributed by atoms with Crippen LogP contribution in [0.25, 0.3) is 15.9 Å². The maximum atomic E-state index is 13.6. The smallest absolute Gasteiger partial charge is 0.267 e. The van der Waals surface area contributed by atoms with Crippen molar-refractivity contribution in [2.45, 2.75) is 29.7 Å². The summed E-state index contributed by atoms with van der Waals surface area (Å²) < 4.78 is 1.72. The molecule has 2 aromatic heterocycles. The topological polar surface area (TPSA) is 58.7 Å². The molecule has 0 N–H and O–H groups in total. The van der Waals surface area contributed by atoms with Gasteiger partial charge < -0.3 is 0 Å². The lowest BCUT2D eigenvalue weighted by atomic mass is 10.1. The molecule has 4 aromatic rings. The zero-order valence-corrected chi connectivity index (χ0v) is 17.2. The van der Waals surface area contributed by atoms with Crippen molar-refractivity contribution in [1.29, 1.82) is 5.26 Å². The maximum Gasteiger partial charge on any atom is 0.267 e. The van der Waals surface area contributed by atoms with Crippen LogP contribution in [0.4, 0.5) is 0 Å². The number of rotatable bonds is 5. The van der Waals surface area contributed by atoms with Crippen molar-refractivity contribution in [3.63, 3.8) is 0 Å². The van der Waals surface area contributed by atoms with Crippen molar-refractivity contribution in [2.75, 3.05) is 0 Å². The van der Waals surface area contributed by atoms with Gasteiger partial charge in [0.15, 0.2) is 5.16 Å². The van der Waals surface area contributed by atoms with E-state index in [9.17, 15) is 10.1 Å². The number of nitrogens with zero attached hydrogens (tertiary/aromatic N) is 3. The van der Waals surface area contributed by atoms with Gasteiger partial charge in [-0.1, -0.05) is 48.2 Å². The molecule has 2 heterocycles. The van der Waals surface area contributed by atoms with Gasteiger partial charge in [0.05, 0.1) is 22.7 Å². The van der Waals surface area contributed by atoms with Gasteiger partial charge >= 0.3 is 0 Å². The molecule has 0 aliphatic heterocycles. The monoisotopic (exact) mass is 415 g/mol. The number of benzene rings is 2. The minimum atomic E-state index is 0.000387. The Balaban J connectivity index is 1.64. The van der Waals surface area contributed by atoms with Crippen molar-refractivity contribution in [3.8, 4) is 11.8 Å². The Morgan fingerprint density at radius 2 is 1.90 bits per heavy atom. The molecule has 0 bridgehead atoms. The summed E-state index contributed by atoms with van der Waals surface area (Å²) in [6.45, 7) is 0. The molecule has 0 amide bonds. The summed E-state index contributed by atoms with van der Waals surface area (Å²) in [7, 11) is 0. The third-order valence-electron chi connectivity index (χ3n) is 5.13. The molecule has 142 valence electrons. The highest BCUT2D eigenvalue weighted by molar-refractivity contribution is 7.98. The normalized spacial score (nSPS) is 13.5. The van der Waals surface area contributed by atoms with Crippen LogP contribution in [-0.2, 0) is 5.75 Å². The highest BCUT2D eigenvalue weighted by atomic mass is 32.2. The lowest BCUT2D eigenvalue weighted by molar-refractivity contribution is 0.821. The summed E-state index contributed by atoms with van der Waals surface area (Å²) in [4.78, 5) is 19.2. The van der Waals surface area contributed by atoms with Crippen LogP contribution in [0.5, 0.6) is 0 Å². The van der Waals surface area contributed by atoms with E-state index >= 15 is 0 Å². The Morgan fingerprint density at radius 1 is 1.14 bits per heavy atom. The Kier molecular flexibility index (Phi) is 4.70. The molecule has 1 aliphatic carbocycles. The molecule has 4 nitrogen and oxygen atoms in total. The first-order chi connectivity index (χ1) is 14.3. The molecule has 0 radical (unpaired) electrons. The number of para-hydroxylation sites is 1. The van der Waals surface area contributed by atoms with Crippen LogP contribution in [0.2, 0.25) is 0 Å². The third-order valence-corrected chi connectivity index (χ3v) is 7.01. The molecule has 0 atom stereocenters. The van der Waals surface area contributed by atoms with E-state index < -0.39 is 0 Å². The van der Waals surface area contributed by atoms with Crippen LogP contribution >= 0.6 is 23.1 Å². The van der Waals surface area contributed by atoms with Crippen molar-refractivity contribution in [2.24, 2.45) is 0 Å². The van der Waals surface area contributed by atoms with Gasteiger partial charge in [-0.25, -0.2) is 4.98 Å². The number of thiophene rings is 1. The predicted octanol–water partition coefficient (Wildman–Crippen LogP) is 5.49. The van der Waals surface area contributed by atoms with Gasteiger partial charge in [0.2, 0.25) is 0 Å². The van der Waals surface area contributed by atoms with E-state index in [1.165, 1.54) is 11.8 Å². The Bertz CT molecular complexity index is 1300. The second-order valence-electron chi connectivity index (χ2n) is 7.07. The minimum absolute atomic E-state index is 0.000387. The van der Waals surface area contributed by atoms with Crippen LogP contribution < -0.4 is 5.56 Å². The second kappa shape index (κ2) is 7.51. The fourth-order valence-electron chi connectivity index (χ4n) is 3.49. The van der Waals surface area contributed by atoms with Gasteiger partial charge in [-0.3, -0.25) is 9.36 Å². The largest absolute Gasteiger partial charge is 0.268 e. The van der Waals surface area contributed by atoms with Crippen LogP contribution in [0, 0.1) is 11.3 Å². The lowest BCUT2D eigenvalue weighted by Crippen LogP contribution is -2.21. The Morgan fingerprint density at radius 3 is 2.66 bits per heavy atom. The molecule has 6 heteroatoms. The molecule has 0 spiro atoms. The van der Waals surface area contributed by atoms with Crippen LogP contribution in [-0.4, -0.2) is 9.55 Å². The first-order valence-corrected chi connectivity index (χ1v) is 11.3. The summed E-state index contributed by atoms with van der Waals surface area (Å²) in [5.74, 6) is 1.08. The fourth-order valence-corrected chi connectivity index (χ4v) is 5.57. The zero-order valence-electron chi connectivity index (χ0n) is 15.5. The molecule has 29 heavy (non-hydrogen) atoms. The summed E-state index contributed by atoms with van der Waals surface area (Å²) in [6, 6.07) is 19.5. The van der Waals surface area contributed by atoms with Crippen molar-refractivity contribution < 1.29 is 0 Å². The number of hydrogen-bond donors (Lipinski definition) is 0. The van der Waals surface area contributed by atoms with Crippen molar-refractivity contribution >= 4 is 33.3 Å². The van der Waals surface area contributed by atoms with Gasteiger partial charge in [-0.05, 0) is 53.5 Å². The highest BCUT2D eigenvalue weighted by Gasteiger charge is 2.29. The molecule has 2 aromatic carbocycles.